The minimum Gasteiger partial charge on any atom is -0.485 e. The third kappa shape index (κ3) is 4.79. The number of para-hydroxylation sites is 1. The van der Waals surface area contributed by atoms with Gasteiger partial charge in [-0.05, 0) is 67.5 Å². The van der Waals surface area contributed by atoms with E-state index in [9.17, 15) is 9.59 Å². The summed E-state index contributed by atoms with van der Waals surface area (Å²) in [6, 6.07) is 16.4. The topological polar surface area (TPSA) is 72.8 Å². The van der Waals surface area contributed by atoms with E-state index < -0.39 is 5.97 Å². The van der Waals surface area contributed by atoms with E-state index >= 15 is 0 Å². The number of ether oxygens (including phenoxy) is 2. The van der Waals surface area contributed by atoms with Crippen LogP contribution in [0.1, 0.15) is 35.2 Å². The maximum absolute atomic E-state index is 12.3. The number of hydrogen-bond donors (Lipinski definition) is 1. The highest BCUT2D eigenvalue weighted by atomic mass is 16.5. The smallest absolute Gasteiger partial charge is 0.335 e. The number of carboxylic acid groups (broad SMARTS) is 1. The van der Waals surface area contributed by atoms with E-state index in [-0.39, 0.29) is 30.5 Å². The first-order valence-electron chi connectivity index (χ1n) is 10.5. The molecule has 156 valence electrons. The number of fused-ring (bicyclic) bond motifs is 2. The Bertz CT molecular complexity index is 903. The van der Waals surface area contributed by atoms with Crippen molar-refractivity contribution in [3.05, 3.63) is 77.9 Å². The average Bonchev–Trinajstić information content (AvgIpc) is 3.37. The van der Waals surface area contributed by atoms with Crippen molar-refractivity contribution in [1.82, 2.24) is 0 Å². The Morgan fingerprint density at radius 3 is 2.50 bits per heavy atom. The second-order valence-electron chi connectivity index (χ2n) is 8.00. The molecule has 4 rings (SSSR count). The van der Waals surface area contributed by atoms with Gasteiger partial charge in [0.1, 0.15) is 5.75 Å². The van der Waals surface area contributed by atoms with Gasteiger partial charge in [0.05, 0.1) is 17.8 Å². The van der Waals surface area contributed by atoms with E-state index in [1.165, 1.54) is 0 Å². The van der Waals surface area contributed by atoms with Crippen LogP contribution in [-0.2, 0) is 16.0 Å². The highest BCUT2D eigenvalue weighted by Crippen LogP contribution is 2.46. The molecule has 30 heavy (non-hydrogen) atoms. The van der Waals surface area contributed by atoms with E-state index in [1.54, 1.807) is 18.2 Å². The standard InChI is InChI=1S/C25H26O5/c26-19(16-29-20-4-2-1-3-5-20)11-13-22-21(23-14-15-24(22)30-23)12-8-17-6-9-18(10-7-17)25(27)28/h1-7,9-11,13,21-24H,8,12,14-16H2,(H,27,28)/b13-11+/t21-,22+,23-,24+/m0/s1. The Morgan fingerprint density at radius 1 is 1.03 bits per heavy atom. The molecule has 2 aliphatic rings. The molecule has 4 atom stereocenters. The molecule has 0 aromatic heterocycles. The second kappa shape index (κ2) is 9.26. The van der Waals surface area contributed by atoms with Crippen LogP contribution in [0.4, 0.5) is 0 Å². The number of hydrogen-bond acceptors (Lipinski definition) is 4. The van der Waals surface area contributed by atoms with Crippen molar-refractivity contribution in [3.8, 4) is 5.75 Å². The van der Waals surface area contributed by atoms with Crippen LogP contribution in [0.2, 0.25) is 0 Å². The third-order valence-electron chi connectivity index (χ3n) is 6.08. The average molecular weight is 406 g/mol. The molecule has 0 radical (unpaired) electrons. The largest absolute Gasteiger partial charge is 0.485 e. The molecular formula is C25H26O5. The van der Waals surface area contributed by atoms with E-state index in [0.717, 1.165) is 31.2 Å². The number of rotatable bonds is 9. The van der Waals surface area contributed by atoms with Crippen molar-refractivity contribution in [2.24, 2.45) is 11.8 Å². The van der Waals surface area contributed by atoms with Crippen LogP contribution in [0, 0.1) is 11.8 Å². The summed E-state index contributed by atoms with van der Waals surface area (Å²) in [5, 5.41) is 9.03. The summed E-state index contributed by atoms with van der Waals surface area (Å²) in [6.45, 7) is 0.0305. The van der Waals surface area contributed by atoms with Gasteiger partial charge in [0.15, 0.2) is 12.4 Å². The molecule has 2 saturated heterocycles. The highest BCUT2D eigenvalue weighted by molar-refractivity contribution is 5.91. The minimum atomic E-state index is -0.908. The molecule has 2 aliphatic heterocycles. The fourth-order valence-corrected chi connectivity index (χ4v) is 4.54. The third-order valence-corrected chi connectivity index (χ3v) is 6.08. The van der Waals surface area contributed by atoms with Crippen molar-refractivity contribution < 1.29 is 24.2 Å². The summed E-state index contributed by atoms with van der Waals surface area (Å²) in [6.07, 6.45) is 8.03. The molecular weight excluding hydrogens is 380 g/mol. The SMILES string of the molecule is O=C(/C=C/[C@@H]1[C@H](CCc2ccc(C(=O)O)cc2)[C@@H]2CC[C@H]1O2)COc1ccccc1. The molecule has 5 nitrogen and oxygen atoms in total. The predicted molar refractivity (Wildman–Crippen MR) is 113 cm³/mol. The fraction of sp³-hybridized carbons (Fsp3) is 0.360. The Labute approximate surface area is 176 Å². The van der Waals surface area contributed by atoms with Gasteiger partial charge in [-0.15, -0.1) is 0 Å². The van der Waals surface area contributed by atoms with Crippen molar-refractivity contribution in [2.45, 2.75) is 37.9 Å². The summed E-state index contributed by atoms with van der Waals surface area (Å²) in [5.74, 6) is 0.345. The number of ketones is 1. The van der Waals surface area contributed by atoms with E-state index in [4.69, 9.17) is 14.6 Å². The normalized spacial score (nSPS) is 24.9. The van der Waals surface area contributed by atoms with Gasteiger partial charge in [0.25, 0.3) is 0 Å². The molecule has 2 aromatic carbocycles. The van der Waals surface area contributed by atoms with Crippen molar-refractivity contribution in [2.75, 3.05) is 6.61 Å². The number of carboxylic acids is 1. The maximum Gasteiger partial charge on any atom is 0.335 e. The Balaban J connectivity index is 1.33. The van der Waals surface area contributed by atoms with Gasteiger partial charge < -0.3 is 14.6 Å². The van der Waals surface area contributed by atoms with Crippen LogP contribution >= 0.6 is 0 Å². The van der Waals surface area contributed by atoms with Crippen LogP contribution in [-0.4, -0.2) is 35.7 Å². The molecule has 5 heteroatoms. The van der Waals surface area contributed by atoms with Crippen LogP contribution < -0.4 is 4.74 Å². The highest BCUT2D eigenvalue weighted by Gasteiger charge is 2.47. The van der Waals surface area contributed by atoms with E-state index in [2.05, 4.69) is 0 Å². The number of benzene rings is 2. The summed E-state index contributed by atoms with van der Waals surface area (Å²) >= 11 is 0. The van der Waals surface area contributed by atoms with Crippen molar-refractivity contribution in [1.29, 1.82) is 0 Å². The van der Waals surface area contributed by atoms with Gasteiger partial charge in [-0.1, -0.05) is 36.4 Å². The van der Waals surface area contributed by atoms with Crippen LogP contribution in [0.3, 0.4) is 0 Å². The molecule has 0 amide bonds. The molecule has 0 saturated carbocycles. The summed E-state index contributed by atoms with van der Waals surface area (Å²) < 4.78 is 11.7. The Morgan fingerprint density at radius 2 is 1.77 bits per heavy atom. The van der Waals surface area contributed by atoms with Crippen molar-refractivity contribution >= 4 is 11.8 Å². The monoisotopic (exact) mass is 406 g/mol. The lowest BCUT2D eigenvalue weighted by molar-refractivity contribution is -0.116. The number of aromatic carboxylic acids is 1. The van der Waals surface area contributed by atoms with Crippen LogP contribution in [0.5, 0.6) is 5.75 Å². The maximum atomic E-state index is 12.3. The summed E-state index contributed by atoms with van der Waals surface area (Å²) in [5.41, 5.74) is 1.43. The first kappa shape index (κ1) is 20.4. The molecule has 0 spiro atoms. The molecule has 1 N–H and O–H groups in total. The van der Waals surface area contributed by atoms with Crippen LogP contribution in [0.15, 0.2) is 66.7 Å². The van der Waals surface area contributed by atoms with E-state index in [1.807, 2.05) is 48.5 Å². The Hall–Kier alpha value is -2.92. The fourth-order valence-electron chi connectivity index (χ4n) is 4.54. The second-order valence-corrected chi connectivity index (χ2v) is 8.00. The number of carbonyl (C=O) groups excluding carboxylic acids is 1. The van der Waals surface area contributed by atoms with Crippen LogP contribution in [0.25, 0.3) is 0 Å². The molecule has 0 unspecified atom stereocenters. The zero-order valence-corrected chi connectivity index (χ0v) is 16.8. The van der Waals surface area contributed by atoms with E-state index in [0.29, 0.717) is 17.2 Å². The quantitative estimate of drug-likeness (QED) is 0.628. The molecule has 2 fully saturated rings. The predicted octanol–water partition coefficient (Wildman–Crippen LogP) is 4.32. The first-order chi connectivity index (χ1) is 14.6. The lowest BCUT2D eigenvalue weighted by Crippen LogP contribution is -2.26. The minimum absolute atomic E-state index is 0.0305. The summed E-state index contributed by atoms with van der Waals surface area (Å²) in [4.78, 5) is 23.3. The van der Waals surface area contributed by atoms with Gasteiger partial charge in [-0.2, -0.15) is 0 Å². The Kier molecular flexibility index (Phi) is 6.29. The lowest BCUT2D eigenvalue weighted by atomic mass is 9.76. The molecule has 2 heterocycles. The molecule has 2 bridgehead atoms. The zero-order chi connectivity index (χ0) is 20.9. The van der Waals surface area contributed by atoms with Gasteiger partial charge in [-0.3, -0.25) is 4.79 Å². The van der Waals surface area contributed by atoms with Gasteiger partial charge in [0, 0.05) is 5.92 Å². The number of aryl methyl sites for hydroxylation is 1. The van der Waals surface area contributed by atoms with Crippen molar-refractivity contribution in [3.63, 3.8) is 0 Å². The molecule has 0 aliphatic carbocycles. The lowest BCUT2D eigenvalue weighted by Gasteiger charge is -2.25. The molecule has 2 aromatic rings. The zero-order valence-electron chi connectivity index (χ0n) is 16.8. The van der Waals surface area contributed by atoms with Gasteiger partial charge in [0.2, 0.25) is 0 Å². The van der Waals surface area contributed by atoms with Gasteiger partial charge >= 0.3 is 5.97 Å². The van der Waals surface area contributed by atoms with Gasteiger partial charge in [-0.25, -0.2) is 4.79 Å². The number of carbonyl (C=O) groups is 2. The summed E-state index contributed by atoms with van der Waals surface area (Å²) in [7, 11) is 0. The first-order valence-corrected chi connectivity index (χ1v) is 10.5.